The number of hydrogen-bond donors (Lipinski definition) is 2. The number of anilines is 3. The number of rotatable bonds is 3. The molecule has 1 aromatic carbocycles. The normalized spacial score (nSPS) is 20.2. The first-order valence-corrected chi connectivity index (χ1v) is 8.83. The fourth-order valence-electron chi connectivity index (χ4n) is 2.79. The van der Waals surface area contributed by atoms with E-state index in [-0.39, 0.29) is 23.2 Å². The smallest absolute Gasteiger partial charge is 0.433 e. The van der Waals surface area contributed by atoms with Crippen molar-refractivity contribution in [3.05, 3.63) is 47.9 Å². The van der Waals surface area contributed by atoms with E-state index in [1.54, 1.807) is 0 Å². The molecule has 3 rings (SSSR count). The van der Waals surface area contributed by atoms with Gasteiger partial charge in [0.2, 0.25) is 0 Å². The maximum Gasteiger partial charge on any atom is 0.433 e. The first-order chi connectivity index (χ1) is 13.8. The highest BCUT2D eigenvalue weighted by atomic mass is 19.4. The van der Waals surface area contributed by atoms with E-state index in [1.165, 1.54) is 45.0 Å². The molecule has 1 aliphatic heterocycles. The quantitative estimate of drug-likeness (QED) is 0.622. The van der Waals surface area contributed by atoms with Crippen molar-refractivity contribution in [3.63, 3.8) is 0 Å². The van der Waals surface area contributed by atoms with E-state index >= 15 is 0 Å². The summed E-state index contributed by atoms with van der Waals surface area (Å²) in [4.78, 5) is 7.14. The minimum atomic E-state index is -4.65. The van der Waals surface area contributed by atoms with E-state index in [2.05, 4.69) is 20.6 Å². The van der Waals surface area contributed by atoms with Gasteiger partial charge in [-0.05, 0) is 45.0 Å². The van der Waals surface area contributed by atoms with Crippen LogP contribution in [0.15, 0.2) is 41.4 Å². The zero-order valence-electron chi connectivity index (χ0n) is 16.1. The number of nitrogens with zero attached hydrogens (tertiary/aromatic N) is 2. The van der Waals surface area contributed by atoms with Gasteiger partial charge in [-0.15, -0.1) is 0 Å². The molecule has 1 aliphatic rings. The lowest BCUT2D eigenvalue weighted by atomic mass is 9.93. The Kier molecular flexibility index (Phi) is 5.33. The molecule has 5 nitrogen and oxygen atoms in total. The fraction of sp³-hybridized carbons (Fsp3) is 0.368. The molecule has 11 heteroatoms. The van der Waals surface area contributed by atoms with E-state index in [4.69, 9.17) is 4.74 Å². The van der Waals surface area contributed by atoms with Crippen molar-refractivity contribution in [2.75, 3.05) is 10.6 Å². The molecule has 1 aromatic heterocycles. The summed E-state index contributed by atoms with van der Waals surface area (Å²) in [5.41, 5.74) is -3.37. The summed E-state index contributed by atoms with van der Waals surface area (Å²) < 4.78 is 86.8. The van der Waals surface area contributed by atoms with Gasteiger partial charge >= 0.3 is 12.1 Å². The molecule has 0 saturated carbocycles. The zero-order chi connectivity index (χ0) is 22.3. The second-order valence-corrected chi connectivity index (χ2v) is 7.17. The molecule has 162 valence electrons. The van der Waals surface area contributed by atoms with Gasteiger partial charge in [-0.3, -0.25) is 0 Å². The van der Waals surface area contributed by atoms with Crippen LogP contribution in [0.5, 0.6) is 0 Å². The Hall–Kier alpha value is -2.98. The largest absolute Gasteiger partial charge is 0.453 e. The van der Waals surface area contributed by atoms with Crippen LogP contribution in [-0.2, 0) is 10.9 Å². The highest BCUT2D eigenvalue weighted by molar-refractivity contribution is 5.91. The van der Waals surface area contributed by atoms with Crippen LogP contribution < -0.4 is 10.6 Å². The van der Waals surface area contributed by atoms with Gasteiger partial charge in [0.1, 0.15) is 17.6 Å². The number of benzene rings is 1. The summed E-state index contributed by atoms with van der Waals surface area (Å²) in [5.74, 6) is -4.35. The second kappa shape index (κ2) is 7.37. The molecule has 0 amide bonds. The number of amidine groups is 1. The zero-order valence-corrected chi connectivity index (χ0v) is 16.1. The van der Waals surface area contributed by atoms with Crippen molar-refractivity contribution < 1.29 is 31.1 Å². The van der Waals surface area contributed by atoms with Gasteiger partial charge < -0.3 is 15.4 Å². The molecule has 30 heavy (non-hydrogen) atoms. The monoisotopic (exact) mass is 432 g/mol. The summed E-state index contributed by atoms with van der Waals surface area (Å²) in [6.07, 6.45) is -4.65. The molecule has 0 radical (unpaired) electrons. The van der Waals surface area contributed by atoms with Crippen molar-refractivity contribution in [2.45, 2.75) is 44.5 Å². The number of ether oxygens (including phenoxy) is 1. The van der Waals surface area contributed by atoms with Crippen LogP contribution in [0.2, 0.25) is 0 Å². The van der Waals surface area contributed by atoms with E-state index in [1.807, 2.05) is 0 Å². The number of nitrogens with one attached hydrogen (secondary N) is 2. The number of hydrogen-bond acceptors (Lipinski definition) is 5. The Balaban J connectivity index is 1.85. The summed E-state index contributed by atoms with van der Waals surface area (Å²) in [7, 11) is 0. The lowest BCUT2D eigenvalue weighted by Crippen LogP contribution is -2.56. The molecule has 0 unspecified atom stereocenters. The van der Waals surface area contributed by atoms with Crippen LogP contribution in [-0.4, -0.2) is 28.6 Å². The maximum absolute atomic E-state index is 14.9. The Labute approximate surface area is 168 Å². The number of pyridine rings is 1. The molecule has 0 aliphatic carbocycles. The van der Waals surface area contributed by atoms with Crippen LogP contribution in [0, 0.1) is 5.82 Å². The minimum absolute atomic E-state index is 0.168. The highest BCUT2D eigenvalue weighted by Gasteiger charge is 2.56. The summed E-state index contributed by atoms with van der Waals surface area (Å²) in [6, 6.07) is 5.45. The fourth-order valence-corrected chi connectivity index (χ4v) is 2.79. The van der Waals surface area contributed by atoms with Crippen molar-refractivity contribution in [1.29, 1.82) is 0 Å². The van der Waals surface area contributed by atoms with E-state index in [0.717, 1.165) is 12.1 Å². The lowest BCUT2D eigenvalue weighted by Gasteiger charge is -2.40. The highest BCUT2D eigenvalue weighted by Crippen LogP contribution is 2.39. The minimum Gasteiger partial charge on any atom is -0.453 e. The van der Waals surface area contributed by atoms with Crippen molar-refractivity contribution in [2.24, 2.45) is 4.99 Å². The third-order valence-electron chi connectivity index (χ3n) is 4.53. The number of halogens is 6. The van der Waals surface area contributed by atoms with Gasteiger partial charge in [-0.25, -0.2) is 14.4 Å². The molecule has 0 fully saturated rings. The van der Waals surface area contributed by atoms with Crippen LogP contribution in [0.1, 0.15) is 26.5 Å². The van der Waals surface area contributed by atoms with Gasteiger partial charge in [0.25, 0.3) is 6.02 Å². The number of aliphatic imine (C=N–C) groups is 1. The van der Waals surface area contributed by atoms with Crippen LogP contribution in [0.3, 0.4) is 0 Å². The van der Waals surface area contributed by atoms with Crippen molar-refractivity contribution in [1.82, 2.24) is 4.98 Å². The Morgan fingerprint density at radius 3 is 2.20 bits per heavy atom. The maximum atomic E-state index is 14.9. The van der Waals surface area contributed by atoms with Crippen LogP contribution in [0.25, 0.3) is 0 Å². The molecular weight excluding hydrogens is 414 g/mol. The Bertz CT molecular complexity index is 974. The topological polar surface area (TPSA) is 58.5 Å². The number of aromatic nitrogens is 1. The summed E-state index contributed by atoms with van der Waals surface area (Å²) in [5, 5.41) is 4.99. The van der Waals surface area contributed by atoms with Gasteiger partial charge in [-0.2, -0.15) is 22.0 Å². The number of alkyl halides is 5. The predicted molar refractivity (Wildman–Crippen MR) is 99.6 cm³/mol. The first kappa shape index (κ1) is 21.7. The molecular formula is C19H18F6N4O. The van der Waals surface area contributed by atoms with Crippen LogP contribution >= 0.6 is 0 Å². The van der Waals surface area contributed by atoms with E-state index < -0.39 is 35.3 Å². The van der Waals surface area contributed by atoms with Crippen molar-refractivity contribution in [3.8, 4) is 0 Å². The molecule has 1 atom stereocenters. The summed E-state index contributed by atoms with van der Waals surface area (Å²) >= 11 is 0. The second-order valence-electron chi connectivity index (χ2n) is 7.17. The Morgan fingerprint density at radius 1 is 1.00 bits per heavy atom. The van der Waals surface area contributed by atoms with Gasteiger partial charge in [0.05, 0.1) is 11.4 Å². The van der Waals surface area contributed by atoms with Gasteiger partial charge in [0, 0.05) is 0 Å². The SMILES string of the molecule is C[C@H]1N=C(Nc2cccc(Nc3cccc(C(F)(F)F)n3)c2F)OC(C)(C)C1(F)F. The van der Waals surface area contributed by atoms with Gasteiger partial charge in [0.15, 0.2) is 11.4 Å². The van der Waals surface area contributed by atoms with E-state index in [0.29, 0.717) is 0 Å². The third-order valence-corrected chi connectivity index (χ3v) is 4.53. The van der Waals surface area contributed by atoms with Crippen LogP contribution in [0.4, 0.5) is 43.5 Å². The summed E-state index contributed by atoms with van der Waals surface area (Å²) in [6.45, 7) is 3.58. The molecule has 2 N–H and O–H groups in total. The molecule has 2 heterocycles. The first-order valence-electron chi connectivity index (χ1n) is 8.83. The standard InChI is InChI=1S/C19H18F6N4O/c1-10-18(21,22)17(2,3)30-16(26-10)28-12-7-4-6-11(15(12)20)27-14-9-5-8-13(29-14)19(23,24)25/h4-10H,1-3H3,(H,26,28)(H,27,29)/t10-/m1/s1. The average Bonchev–Trinajstić information content (AvgIpc) is 2.63. The van der Waals surface area contributed by atoms with E-state index in [9.17, 15) is 26.3 Å². The predicted octanol–water partition coefficient (Wildman–Crippen LogP) is 5.58. The average molecular weight is 432 g/mol. The Morgan fingerprint density at radius 2 is 1.60 bits per heavy atom. The third kappa shape index (κ3) is 4.14. The van der Waals surface area contributed by atoms with Gasteiger partial charge in [-0.1, -0.05) is 12.1 Å². The van der Waals surface area contributed by atoms with Crippen molar-refractivity contribution >= 4 is 23.2 Å². The molecule has 2 aromatic rings. The lowest BCUT2D eigenvalue weighted by molar-refractivity contribution is -0.174. The molecule has 0 saturated heterocycles. The molecule has 0 spiro atoms. The molecule has 0 bridgehead atoms.